The van der Waals surface area contributed by atoms with E-state index in [1.54, 1.807) is 31.3 Å². The van der Waals surface area contributed by atoms with Crippen molar-refractivity contribution in [1.29, 1.82) is 0 Å². The Morgan fingerprint density at radius 2 is 2.10 bits per heavy atom. The fourth-order valence-electron chi connectivity index (χ4n) is 1.81. The van der Waals surface area contributed by atoms with E-state index in [0.717, 1.165) is 0 Å². The van der Waals surface area contributed by atoms with E-state index < -0.39 is 5.97 Å². The molecule has 2 heterocycles. The zero-order valence-electron chi connectivity index (χ0n) is 11.0. The first kappa shape index (κ1) is 12.9. The van der Waals surface area contributed by atoms with Crippen LogP contribution in [-0.4, -0.2) is 31.2 Å². The number of hydrogen-bond acceptors (Lipinski definition) is 6. The molecule has 0 saturated carbocycles. The van der Waals surface area contributed by atoms with Crippen molar-refractivity contribution in [2.24, 2.45) is 0 Å². The first-order valence-corrected chi connectivity index (χ1v) is 6.11. The Morgan fingerprint density at radius 1 is 1.24 bits per heavy atom. The standard InChI is InChI=1S/C14H10N4O3/c1-8-15-6-5-11(16-8)12-17-13(21-18-12)9-3-2-4-10(7-9)14(19)20/h2-7H,1H3,(H,19,20). The van der Waals surface area contributed by atoms with Gasteiger partial charge in [0.25, 0.3) is 5.89 Å². The van der Waals surface area contributed by atoms with Crippen molar-refractivity contribution < 1.29 is 14.4 Å². The van der Waals surface area contributed by atoms with Crippen molar-refractivity contribution in [3.8, 4) is 23.0 Å². The van der Waals surface area contributed by atoms with Crippen LogP contribution in [-0.2, 0) is 0 Å². The molecule has 2 aromatic heterocycles. The quantitative estimate of drug-likeness (QED) is 0.785. The molecule has 21 heavy (non-hydrogen) atoms. The highest BCUT2D eigenvalue weighted by Gasteiger charge is 2.13. The first-order valence-electron chi connectivity index (χ1n) is 6.11. The summed E-state index contributed by atoms with van der Waals surface area (Å²) in [6.07, 6.45) is 1.61. The van der Waals surface area contributed by atoms with Crippen molar-refractivity contribution in [1.82, 2.24) is 20.1 Å². The van der Waals surface area contributed by atoms with E-state index in [0.29, 0.717) is 22.9 Å². The van der Waals surface area contributed by atoms with Gasteiger partial charge >= 0.3 is 5.97 Å². The van der Waals surface area contributed by atoms with Crippen molar-refractivity contribution in [3.63, 3.8) is 0 Å². The number of carboxylic acid groups (broad SMARTS) is 1. The van der Waals surface area contributed by atoms with Crippen molar-refractivity contribution in [2.75, 3.05) is 0 Å². The minimum Gasteiger partial charge on any atom is -0.478 e. The molecule has 0 unspecified atom stereocenters. The van der Waals surface area contributed by atoms with Crippen LogP contribution in [0.4, 0.5) is 0 Å². The molecule has 0 aliphatic rings. The fraction of sp³-hybridized carbons (Fsp3) is 0.0714. The zero-order valence-corrected chi connectivity index (χ0v) is 11.0. The summed E-state index contributed by atoms with van der Waals surface area (Å²) >= 11 is 0. The summed E-state index contributed by atoms with van der Waals surface area (Å²) < 4.78 is 5.17. The minimum atomic E-state index is -1.01. The molecule has 7 heteroatoms. The predicted molar refractivity (Wildman–Crippen MR) is 72.5 cm³/mol. The molecule has 0 spiro atoms. The Hall–Kier alpha value is -3.09. The molecular formula is C14H10N4O3. The minimum absolute atomic E-state index is 0.158. The van der Waals surface area contributed by atoms with Gasteiger partial charge in [0.2, 0.25) is 5.82 Å². The van der Waals surface area contributed by atoms with Gasteiger partial charge in [-0.2, -0.15) is 4.98 Å². The summed E-state index contributed by atoms with van der Waals surface area (Å²) in [4.78, 5) is 23.4. The number of benzene rings is 1. The van der Waals surface area contributed by atoms with Crippen LogP contribution < -0.4 is 0 Å². The number of hydrogen-bond donors (Lipinski definition) is 1. The number of aryl methyl sites for hydroxylation is 1. The predicted octanol–water partition coefficient (Wildman–Crippen LogP) is 2.20. The Kier molecular flexibility index (Phi) is 3.15. The van der Waals surface area contributed by atoms with Crippen LogP contribution in [0.2, 0.25) is 0 Å². The second kappa shape index (κ2) is 5.12. The third-order valence-electron chi connectivity index (χ3n) is 2.79. The van der Waals surface area contributed by atoms with Crippen molar-refractivity contribution in [3.05, 3.63) is 47.9 Å². The number of aromatic carboxylic acids is 1. The molecule has 0 aliphatic heterocycles. The smallest absolute Gasteiger partial charge is 0.335 e. The van der Waals surface area contributed by atoms with Gasteiger partial charge < -0.3 is 9.63 Å². The van der Waals surface area contributed by atoms with Gasteiger partial charge in [-0.05, 0) is 31.2 Å². The van der Waals surface area contributed by atoms with Gasteiger partial charge in [-0.3, -0.25) is 0 Å². The molecule has 104 valence electrons. The average Bonchev–Trinajstić information content (AvgIpc) is 2.97. The van der Waals surface area contributed by atoms with Crippen LogP contribution >= 0.6 is 0 Å². The molecule has 7 nitrogen and oxygen atoms in total. The van der Waals surface area contributed by atoms with Crippen LogP contribution in [0.25, 0.3) is 23.0 Å². The van der Waals surface area contributed by atoms with Crippen molar-refractivity contribution >= 4 is 5.97 Å². The van der Waals surface area contributed by atoms with Gasteiger partial charge in [0, 0.05) is 11.8 Å². The van der Waals surface area contributed by atoms with Crippen LogP contribution in [0.3, 0.4) is 0 Å². The second-order valence-corrected chi connectivity index (χ2v) is 4.30. The number of nitrogens with zero attached hydrogens (tertiary/aromatic N) is 4. The lowest BCUT2D eigenvalue weighted by Crippen LogP contribution is -1.95. The van der Waals surface area contributed by atoms with Gasteiger partial charge in [0.1, 0.15) is 11.5 Å². The lowest BCUT2D eigenvalue weighted by atomic mass is 10.1. The molecular weight excluding hydrogens is 272 g/mol. The average molecular weight is 282 g/mol. The number of rotatable bonds is 3. The summed E-state index contributed by atoms with van der Waals surface area (Å²) in [5.74, 6) is 0.162. The SMILES string of the molecule is Cc1nccc(-c2noc(-c3cccc(C(=O)O)c3)n2)n1. The summed E-state index contributed by atoms with van der Waals surface area (Å²) in [6.45, 7) is 1.76. The molecule has 1 N–H and O–H groups in total. The Morgan fingerprint density at radius 3 is 2.86 bits per heavy atom. The van der Waals surface area contributed by atoms with Crippen LogP contribution in [0.15, 0.2) is 41.1 Å². The molecule has 3 rings (SSSR count). The van der Waals surface area contributed by atoms with E-state index in [4.69, 9.17) is 9.63 Å². The normalized spacial score (nSPS) is 10.5. The summed E-state index contributed by atoms with van der Waals surface area (Å²) in [6, 6.07) is 7.98. The maximum absolute atomic E-state index is 11.0. The highest BCUT2D eigenvalue weighted by molar-refractivity contribution is 5.89. The highest BCUT2D eigenvalue weighted by atomic mass is 16.5. The van der Waals surface area contributed by atoms with Gasteiger partial charge in [-0.15, -0.1) is 0 Å². The van der Waals surface area contributed by atoms with Gasteiger partial charge in [-0.25, -0.2) is 14.8 Å². The summed E-state index contributed by atoms with van der Waals surface area (Å²) in [5.41, 5.74) is 1.25. The summed E-state index contributed by atoms with van der Waals surface area (Å²) in [5, 5.41) is 12.8. The van der Waals surface area contributed by atoms with Gasteiger partial charge in [-0.1, -0.05) is 11.2 Å². The molecule has 0 aliphatic carbocycles. The number of aromatic nitrogens is 4. The lowest BCUT2D eigenvalue weighted by Gasteiger charge is -1.96. The zero-order chi connectivity index (χ0) is 14.8. The molecule has 0 fully saturated rings. The van der Waals surface area contributed by atoms with Gasteiger partial charge in [0.15, 0.2) is 0 Å². The van der Waals surface area contributed by atoms with E-state index >= 15 is 0 Å². The van der Waals surface area contributed by atoms with E-state index in [-0.39, 0.29) is 11.5 Å². The monoisotopic (exact) mass is 282 g/mol. The maximum atomic E-state index is 11.0. The number of carbonyl (C=O) groups is 1. The largest absolute Gasteiger partial charge is 0.478 e. The molecule has 0 saturated heterocycles. The van der Waals surface area contributed by atoms with Crippen LogP contribution in [0.5, 0.6) is 0 Å². The van der Waals surface area contributed by atoms with Crippen molar-refractivity contribution in [2.45, 2.75) is 6.92 Å². The topological polar surface area (TPSA) is 102 Å². The molecule has 3 aromatic rings. The third kappa shape index (κ3) is 2.62. The lowest BCUT2D eigenvalue weighted by molar-refractivity contribution is 0.0697. The van der Waals surface area contributed by atoms with Crippen LogP contribution in [0.1, 0.15) is 16.2 Å². The molecule has 1 aromatic carbocycles. The van der Waals surface area contributed by atoms with E-state index in [1.807, 2.05) is 0 Å². The van der Waals surface area contributed by atoms with E-state index in [1.165, 1.54) is 12.1 Å². The molecule has 0 amide bonds. The Bertz CT molecular complexity index is 813. The number of carboxylic acids is 1. The maximum Gasteiger partial charge on any atom is 0.335 e. The summed E-state index contributed by atoms with van der Waals surface area (Å²) in [7, 11) is 0. The first-order chi connectivity index (χ1) is 10.1. The van der Waals surface area contributed by atoms with E-state index in [2.05, 4.69) is 20.1 Å². The third-order valence-corrected chi connectivity index (χ3v) is 2.79. The highest BCUT2D eigenvalue weighted by Crippen LogP contribution is 2.21. The van der Waals surface area contributed by atoms with E-state index in [9.17, 15) is 4.79 Å². The molecule has 0 atom stereocenters. The Balaban J connectivity index is 1.98. The molecule has 0 bridgehead atoms. The molecule has 0 radical (unpaired) electrons. The fourth-order valence-corrected chi connectivity index (χ4v) is 1.81. The Labute approximate surface area is 119 Å². The second-order valence-electron chi connectivity index (χ2n) is 4.30. The van der Waals surface area contributed by atoms with Gasteiger partial charge in [0.05, 0.1) is 5.56 Å². The van der Waals surface area contributed by atoms with Crippen LogP contribution in [0, 0.1) is 6.92 Å².